The first kappa shape index (κ1) is 20.9. The Morgan fingerprint density at radius 3 is 2.64 bits per heavy atom. The maximum atomic E-state index is 14.9. The number of morpholine rings is 1. The molecule has 6 rings (SSSR count). The molecular formula is C25H25FN4O2S. The van der Waals surface area contributed by atoms with Crippen LogP contribution in [0.3, 0.4) is 0 Å². The number of nitrogens with one attached hydrogen (secondary N) is 1. The van der Waals surface area contributed by atoms with Gasteiger partial charge in [0.2, 0.25) is 0 Å². The average molecular weight is 465 g/mol. The Kier molecular flexibility index (Phi) is 5.25. The van der Waals surface area contributed by atoms with Gasteiger partial charge in [0.1, 0.15) is 16.3 Å². The molecule has 33 heavy (non-hydrogen) atoms. The number of halogens is 1. The smallest absolute Gasteiger partial charge is 0.150 e. The number of fused-ring (bicyclic) bond motifs is 1. The Morgan fingerprint density at radius 2 is 1.91 bits per heavy atom. The lowest BCUT2D eigenvalue weighted by molar-refractivity contribution is -0.0389. The number of hydrogen-bond donors (Lipinski definition) is 2. The molecule has 0 bridgehead atoms. The van der Waals surface area contributed by atoms with Gasteiger partial charge in [-0.25, -0.2) is 14.4 Å². The van der Waals surface area contributed by atoms with Crippen molar-refractivity contribution in [3.8, 4) is 21.7 Å². The Balaban J connectivity index is 1.30. The summed E-state index contributed by atoms with van der Waals surface area (Å²) < 4.78 is 20.3. The van der Waals surface area contributed by atoms with Crippen LogP contribution in [0.1, 0.15) is 29.8 Å². The average Bonchev–Trinajstić information content (AvgIpc) is 3.46. The number of benzene rings is 1. The van der Waals surface area contributed by atoms with Gasteiger partial charge >= 0.3 is 0 Å². The van der Waals surface area contributed by atoms with Gasteiger partial charge in [0, 0.05) is 42.5 Å². The third-order valence-electron chi connectivity index (χ3n) is 6.72. The zero-order valence-corrected chi connectivity index (χ0v) is 19.0. The predicted molar refractivity (Wildman–Crippen MR) is 126 cm³/mol. The van der Waals surface area contributed by atoms with Crippen molar-refractivity contribution in [3.63, 3.8) is 0 Å². The Morgan fingerprint density at radius 1 is 1.12 bits per heavy atom. The molecule has 8 heteroatoms. The molecule has 0 spiro atoms. The van der Waals surface area contributed by atoms with Gasteiger partial charge in [-0.3, -0.25) is 4.90 Å². The van der Waals surface area contributed by atoms with E-state index in [0.717, 1.165) is 55.9 Å². The molecule has 170 valence electrons. The standard InChI is InChI=1S/C25H25FN4O2S/c26-19-13-27-23-18(22(19)21-14-28-24(33-21)25(31)6-1-7-25)12-20(29-23)17-4-2-16(3-5-17)15-30-8-10-32-11-9-30/h2-5,12-14,31H,1,6-11,15H2,(H,27,29). The number of rotatable bonds is 5. The Labute approximate surface area is 195 Å². The topological polar surface area (TPSA) is 74.3 Å². The van der Waals surface area contributed by atoms with Crippen molar-refractivity contribution in [3.05, 3.63) is 59.1 Å². The van der Waals surface area contributed by atoms with Gasteiger partial charge < -0.3 is 14.8 Å². The fourth-order valence-electron chi connectivity index (χ4n) is 4.59. The van der Waals surface area contributed by atoms with E-state index in [0.29, 0.717) is 33.9 Å². The van der Waals surface area contributed by atoms with Gasteiger partial charge in [-0.05, 0) is 36.5 Å². The van der Waals surface area contributed by atoms with E-state index in [1.807, 2.05) is 6.07 Å². The SMILES string of the molecule is OC1(c2ncc(-c3c(F)cnc4[nH]c(-c5ccc(CN6CCOCC6)cc5)cc34)s2)CCC1. The van der Waals surface area contributed by atoms with Crippen LogP contribution < -0.4 is 0 Å². The van der Waals surface area contributed by atoms with Gasteiger partial charge in [-0.1, -0.05) is 24.3 Å². The van der Waals surface area contributed by atoms with Crippen molar-refractivity contribution in [2.75, 3.05) is 26.3 Å². The number of aromatic nitrogens is 3. The molecule has 1 aliphatic heterocycles. The number of pyridine rings is 1. The summed E-state index contributed by atoms with van der Waals surface area (Å²) in [4.78, 5) is 15.1. The molecule has 3 aromatic heterocycles. The van der Waals surface area contributed by atoms with E-state index >= 15 is 0 Å². The van der Waals surface area contributed by atoms with Gasteiger partial charge in [0.15, 0.2) is 5.82 Å². The summed E-state index contributed by atoms with van der Waals surface area (Å²) >= 11 is 1.36. The lowest BCUT2D eigenvalue weighted by Gasteiger charge is -2.34. The summed E-state index contributed by atoms with van der Waals surface area (Å²) in [5.41, 5.74) is 3.45. The number of ether oxygens (including phenoxy) is 1. The van der Waals surface area contributed by atoms with Crippen LogP contribution in [0.4, 0.5) is 4.39 Å². The molecule has 0 amide bonds. The zero-order chi connectivity index (χ0) is 22.4. The Hall–Kier alpha value is -2.65. The van der Waals surface area contributed by atoms with Gasteiger partial charge in [-0.2, -0.15) is 0 Å². The molecule has 0 radical (unpaired) electrons. The van der Waals surface area contributed by atoms with E-state index in [-0.39, 0.29) is 5.82 Å². The van der Waals surface area contributed by atoms with E-state index in [9.17, 15) is 9.50 Å². The second-order valence-corrected chi connectivity index (χ2v) is 9.96. The number of nitrogens with zero attached hydrogens (tertiary/aromatic N) is 3. The third-order valence-corrected chi connectivity index (χ3v) is 7.93. The molecule has 2 N–H and O–H groups in total. The quantitative estimate of drug-likeness (QED) is 0.448. The fourth-order valence-corrected chi connectivity index (χ4v) is 5.72. The van der Waals surface area contributed by atoms with E-state index in [2.05, 4.69) is 44.1 Å². The van der Waals surface area contributed by atoms with Crippen LogP contribution in [0.2, 0.25) is 0 Å². The first-order valence-corrected chi connectivity index (χ1v) is 12.2. The van der Waals surface area contributed by atoms with Gasteiger partial charge in [-0.15, -0.1) is 11.3 Å². The highest BCUT2D eigenvalue weighted by molar-refractivity contribution is 7.15. The predicted octanol–water partition coefficient (Wildman–Crippen LogP) is 4.70. The van der Waals surface area contributed by atoms with Crippen molar-refractivity contribution in [1.82, 2.24) is 19.9 Å². The van der Waals surface area contributed by atoms with Crippen LogP contribution in [-0.2, 0) is 16.9 Å². The number of thiazole rings is 1. The van der Waals surface area contributed by atoms with Gasteiger partial charge in [0.25, 0.3) is 0 Å². The molecule has 1 saturated heterocycles. The number of H-pyrrole nitrogens is 1. The summed E-state index contributed by atoms with van der Waals surface area (Å²) in [6, 6.07) is 10.4. The maximum absolute atomic E-state index is 14.9. The molecule has 2 aliphatic rings. The minimum absolute atomic E-state index is 0.385. The summed E-state index contributed by atoms with van der Waals surface area (Å²) in [5, 5.41) is 12.0. The van der Waals surface area contributed by atoms with Crippen molar-refractivity contribution in [2.24, 2.45) is 0 Å². The third kappa shape index (κ3) is 3.87. The number of aromatic amines is 1. The first-order chi connectivity index (χ1) is 16.1. The summed E-state index contributed by atoms with van der Waals surface area (Å²) in [6.07, 6.45) is 5.34. The molecule has 4 heterocycles. The molecule has 0 atom stereocenters. The second kappa shape index (κ2) is 8.29. The fraction of sp³-hybridized carbons (Fsp3) is 0.360. The van der Waals surface area contributed by atoms with E-state index in [1.54, 1.807) is 6.20 Å². The number of hydrogen-bond acceptors (Lipinski definition) is 6. The van der Waals surface area contributed by atoms with Crippen molar-refractivity contribution < 1.29 is 14.2 Å². The number of aliphatic hydroxyl groups is 1. The summed E-state index contributed by atoms with van der Waals surface area (Å²) in [7, 11) is 0. The van der Waals surface area contributed by atoms with Gasteiger partial charge in [0.05, 0.1) is 24.3 Å². The molecule has 2 fully saturated rings. The highest BCUT2D eigenvalue weighted by Crippen LogP contribution is 2.45. The molecule has 1 aliphatic carbocycles. The van der Waals surface area contributed by atoms with Crippen molar-refractivity contribution in [2.45, 2.75) is 31.4 Å². The summed E-state index contributed by atoms with van der Waals surface area (Å²) in [6.45, 7) is 4.41. The van der Waals surface area contributed by atoms with E-state index < -0.39 is 5.60 Å². The van der Waals surface area contributed by atoms with Crippen LogP contribution >= 0.6 is 11.3 Å². The van der Waals surface area contributed by atoms with E-state index in [1.165, 1.54) is 23.1 Å². The molecule has 6 nitrogen and oxygen atoms in total. The van der Waals surface area contributed by atoms with Crippen molar-refractivity contribution in [1.29, 1.82) is 0 Å². The summed E-state index contributed by atoms with van der Waals surface area (Å²) in [5.74, 6) is -0.385. The monoisotopic (exact) mass is 464 g/mol. The molecule has 1 aromatic carbocycles. The van der Waals surface area contributed by atoms with Crippen LogP contribution in [-0.4, -0.2) is 51.3 Å². The highest BCUT2D eigenvalue weighted by atomic mass is 32.1. The van der Waals surface area contributed by atoms with Crippen molar-refractivity contribution >= 4 is 22.4 Å². The van der Waals surface area contributed by atoms with Crippen LogP contribution in [0.25, 0.3) is 32.7 Å². The largest absolute Gasteiger partial charge is 0.383 e. The normalized spacial score (nSPS) is 18.5. The minimum Gasteiger partial charge on any atom is -0.383 e. The Bertz CT molecular complexity index is 1290. The molecule has 1 saturated carbocycles. The first-order valence-electron chi connectivity index (χ1n) is 11.3. The zero-order valence-electron chi connectivity index (χ0n) is 18.2. The maximum Gasteiger partial charge on any atom is 0.150 e. The van der Waals surface area contributed by atoms with Crippen LogP contribution in [0, 0.1) is 5.82 Å². The van der Waals surface area contributed by atoms with Crippen LogP contribution in [0.15, 0.2) is 42.7 Å². The second-order valence-electron chi connectivity index (χ2n) is 8.93. The van der Waals surface area contributed by atoms with E-state index in [4.69, 9.17) is 4.74 Å². The lowest BCUT2D eigenvalue weighted by atomic mass is 9.81. The lowest BCUT2D eigenvalue weighted by Crippen LogP contribution is -2.35. The highest BCUT2D eigenvalue weighted by Gasteiger charge is 2.39. The minimum atomic E-state index is -0.849. The van der Waals surface area contributed by atoms with Crippen LogP contribution in [0.5, 0.6) is 0 Å². The molecule has 4 aromatic rings. The molecular weight excluding hydrogens is 439 g/mol. The molecule has 0 unspecified atom stereocenters.